The first-order valence-corrected chi connectivity index (χ1v) is 7.98. The van der Waals surface area contributed by atoms with Gasteiger partial charge in [0.05, 0.1) is 12.4 Å². The Morgan fingerprint density at radius 3 is 2.53 bits per heavy atom. The predicted octanol–water partition coefficient (Wildman–Crippen LogP) is 2.89. The van der Waals surface area contributed by atoms with Gasteiger partial charge in [0.1, 0.15) is 4.49 Å². The molecule has 0 bridgehead atoms. The Bertz CT molecular complexity index is 291. The highest BCUT2D eigenvalue weighted by atomic mass is 35.5. The molecule has 0 aromatic heterocycles. The highest BCUT2D eigenvalue weighted by Crippen LogP contribution is 2.50. The van der Waals surface area contributed by atoms with E-state index in [1.807, 2.05) is 0 Å². The minimum Gasteiger partial charge on any atom is -0.309 e. The van der Waals surface area contributed by atoms with E-state index in [0.717, 1.165) is 5.82 Å². The van der Waals surface area contributed by atoms with Gasteiger partial charge in [0.25, 0.3) is 0 Å². The molecule has 0 aromatic carbocycles. The van der Waals surface area contributed by atoms with Crippen LogP contribution in [0.1, 0.15) is 6.92 Å². The summed E-state index contributed by atoms with van der Waals surface area (Å²) in [5.74, 6) is 1.84. The zero-order chi connectivity index (χ0) is 11.9. The van der Waals surface area contributed by atoms with E-state index in [4.69, 9.17) is 27.7 Å². The smallest absolute Gasteiger partial charge is 0.309 e. The lowest BCUT2D eigenvalue weighted by Gasteiger charge is -2.11. The third-order valence-electron chi connectivity index (χ3n) is 1.41. The molecule has 0 fully saturated rings. The first-order valence-electron chi connectivity index (χ1n) is 4.12. The van der Waals surface area contributed by atoms with Gasteiger partial charge in [-0.05, 0) is 0 Å². The Kier molecular flexibility index (Phi) is 8.15. The Balaban J connectivity index is 4.17. The SMILES string of the molecule is CCS(=O)CCOP(=O)(C=C(Cl)Cl)OC. The molecule has 2 atom stereocenters. The van der Waals surface area contributed by atoms with Gasteiger partial charge in [0, 0.05) is 29.4 Å². The van der Waals surface area contributed by atoms with E-state index in [1.54, 1.807) is 6.92 Å². The molecular formula is C7H13Cl2O4PS. The number of rotatable bonds is 7. The summed E-state index contributed by atoms with van der Waals surface area (Å²) >= 11 is 10.7. The van der Waals surface area contributed by atoms with E-state index in [9.17, 15) is 8.77 Å². The molecule has 4 nitrogen and oxygen atoms in total. The average molecular weight is 295 g/mol. The molecule has 2 unspecified atom stereocenters. The number of hydrogen-bond acceptors (Lipinski definition) is 4. The van der Waals surface area contributed by atoms with Gasteiger partial charge >= 0.3 is 7.60 Å². The van der Waals surface area contributed by atoms with Gasteiger partial charge in [0.2, 0.25) is 0 Å². The first-order chi connectivity index (χ1) is 6.93. The molecule has 8 heteroatoms. The van der Waals surface area contributed by atoms with Crippen LogP contribution >= 0.6 is 30.8 Å². The maximum absolute atomic E-state index is 11.7. The lowest BCUT2D eigenvalue weighted by atomic mass is 10.9. The minimum absolute atomic E-state index is 0.0725. The minimum atomic E-state index is -3.38. The molecule has 0 aliphatic heterocycles. The lowest BCUT2D eigenvalue weighted by Crippen LogP contribution is -2.06. The van der Waals surface area contributed by atoms with E-state index >= 15 is 0 Å². The van der Waals surface area contributed by atoms with Crippen molar-refractivity contribution in [1.82, 2.24) is 0 Å². The molecule has 0 heterocycles. The van der Waals surface area contributed by atoms with Crippen LogP contribution in [0.25, 0.3) is 0 Å². The second-order valence-corrected chi connectivity index (χ2v) is 7.24. The van der Waals surface area contributed by atoms with Gasteiger partial charge in [-0.3, -0.25) is 8.77 Å². The van der Waals surface area contributed by atoms with Crippen molar-refractivity contribution in [1.29, 1.82) is 0 Å². The highest BCUT2D eigenvalue weighted by Gasteiger charge is 2.20. The van der Waals surface area contributed by atoms with Crippen LogP contribution in [0.3, 0.4) is 0 Å². The van der Waals surface area contributed by atoms with Crippen LogP contribution in [-0.2, 0) is 24.4 Å². The van der Waals surface area contributed by atoms with Crippen LogP contribution in [-0.4, -0.2) is 29.4 Å². The van der Waals surface area contributed by atoms with Crippen molar-refractivity contribution < 1.29 is 17.8 Å². The zero-order valence-corrected chi connectivity index (χ0v) is 11.7. The molecule has 0 aromatic rings. The third-order valence-corrected chi connectivity index (χ3v) is 4.83. The van der Waals surface area contributed by atoms with Gasteiger partial charge in [-0.15, -0.1) is 0 Å². The van der Waals surface area contributed by atoms with Crippen molar-refractivity contribution in [3.05, 3.63) is 10.3 Å². The van der Waals surface area contributed by atoms with Gasteiger partial charge in [-0.25, -0.2) is 0 Å². The summed E-state index contributed by atoms with van der Waals surface area (Å²) in [5, 5.41) is 0. The summed E-state index contributed by atoms with van der Waals surface area (Å²) in [7, 11) is -3.12. The quantitative estimate of drug-likeness (QED) is 0.678. The van der Waals surface area contributed by atoms with E-state index in [1.165, 1.54) is 7.11 Å². The van der Waals surface area contributed by atoms with Crippen LogP contribution in [0.15, 0.2) is 10.3 Å². The fourth-order valence-corrected chi connectivity index (χ4v) is 2.93. The maximum Gasteiger partial charge on any atom is 0.356 e. The first kappa shape index (κ1) is 15.6. The molecule has 0 radical (unpaired) electrons. The standard InChI is InChI=1S/C7H13Cl2O4PS/c1-3-15(11)5-4-13-14(10,12-2)6-7(8)9/h6H,3-5H2,1-2H3. The average Bonchev–Trinajstić information content (AvgIpc) is 2.16. The molecule has 0 saturated carbocycles. The Labute approximate surface area is 102 Å². The van der Waals surface area contributed by atoms with Crippen LogP contribution in [0.4, 0.5) is 0 Å². The molecule has 90 valence electrons. The zero-order valence-electron chi connectivity index (χ0n) is 8.44. The molecule has 0 spiro atoms. The van der Waals surface area contributed by atoms with E-state index < -0.39 is 18.4 Å². The Hall–Kier alpha value is 0.620. The van der Waals surface area contributed by atoms with E-state index in [-0.39, 0.29) is 11.1 Å². The van der Waals surface area contributed by atoms with Gasteiger partial charge in [-0.1, -0.05) is 30.1 Å². The molecule has 0 rings (SSSR count). The van der Waals surface area contributed by atoms with Gasteiger partial charge in [0.15, 0.2) is 0 Å². The van der Waals surface area contributed by atoms with Crippen LogP contribution in [0, 0.1) is 0 Å². The Morgan fingerprint density at radius 1 is 1.53 bits per heavy atom. The van der Waals surface area contributed by atoms with Crippen molar-refractivity contribution in [2.45, 2.75) is 6.92 Å². The summed E-state index contributed by atoms with van der Waals surface area (Å²) in [4.78, 5) is 0. The van der Waals surface area contributed by atoms with Crippen LogP contribution in [0.2, 0.25) is 0 Å². The Morgan fingerprint density at radius 2 is 2.13 bits per heavy atom. The second kappa shape index (κ2) is 7.82. The number of halogens is 2. The van der Waals surface area contributed by atoms with Crippen molar-refractivity contribution in [3.8, 4) is 0 Å². The summed E-state index contributed by atoms with van der Waals surface area (Å²) in [5.41, 5.74) is 0. The van der Waals surface area contributed by atoms with Gasteiger partial charge in [-0.2, -0.15) is 0 Å². The topological polar surface area (TPSA) is 52.6 Å². The van der Waals surface area contributed by atoms with E-state index in [2.05, 4.69) is 4.52 Å². The summed E-state index contributed by atoms with van der Waals surface area (Å²) in [6.45, 7) is 1.87. The lowest BCUT2D eigenvalue weighted by molar-refractivity contribution is 0.255. The molecule has 0 N–H and O–H groups in total. The van der Waals surface area contributed by atoms with Crippen molar-refractivity contribution in [3.63, 3.8) is 0 Å². The maximum atomic E-state index is 11.7. The summed E-state index contributed by atoms with van der Waals surface area (Å²) in [6.07, 6.45) is 0. The van der Waals surface area contributed by atoms with Crippen molar-refractivity contribution in [2.75, 3.05) is 25.2 Å². The molecule has 0 aliphatic carbocycles. The monoisotopic (exact) mass is 294 g/mol. The number of hydrogen-bond donors (Lipinski definition) is 0. The normalized spacial score (nSPS) is 16.8. The molecule has 0 amide bonds. The van der Waals surface area contributed by atoms with Gasteiger partial charge < -0.3 is 9.05 Å². The van der Waals surface area contributed by atoms with Crippen LogP contribution < -0.4 is 0 Å². The highest BCUT2D eigenvalue weighted by molar-refractivity contribution is 7.84. The van der Waals surface area contributed by atoms with Crippen LogP contribution in [0.5, 0.6) is 0 Å². The fourth-order valence-electron chi connectivity index (χ4n) is 0.664. The molecule has 0 saturated heterocycles. The van der Waals surface area contributed by atoms with E-state index in [0.29, 0.717) is 11.5 Å². The summed E-state index contributed by atoms with van der Waals surface area (Å²) < 4.78 is 32.1. The fraction of sp³-hybridized carbons (Fsp3) is 0.714. The molecule has 0 aliphatic rings. The van der Waals surface area contributed by atoms with Crippen molar-refractivity contribution >= 4 is 41.6 Å². The molecular weight excluding hydrogens is 282 g/mol. The predicted molar refractivity (Wildman–Crippen MR) is 63.9 cm³/mol. The summed E-state index contributed by atoms with van der Waals surface area (Å²) in [6, 6.07) is 0. The second-order valence-electron chi connectivity index (χ2n) is 2.41. The van der Waals surface area contributed by atoms with Crippen molar-refractivity contribution in [2.24, 2.45) is 0 Å². The third kappa shape index (κ3) is 7.50. The molecule has 15 heavy (non-hydrogen) atoms. The largest absolute Gasteiger partial charge is 0.356 e.